The van der Waals surface area contributed by atoms with Crippen LogP contribution in [0, 0.1) is 0 Å². The summed E-state index contributed by atoms with van der Waals surface area (Å²) in [6, 6.07) is 4.19. The van der Waals surface area contributed by atoms with E-state index in [9.17, 15) is 15.0 Å². The minimum absolute atomic E-state index is 0.0637. The molecule has 4 nitrogen and oxygen atoms in total. The van der Waals surface area contributed by atoms with Crippen molar-refractivity contribution < 1.29 is 19.7 Å². The van der Waals surface area contributed by atoms with Crippen molar-refractivity contribution in [1.82, 2.24) is 0 Å². The molecule has 0 fully saturated rings. The van der Waals surface area contributed by atoms with Gasteiger partial charge in [0.1, 0.15) is 11.5 Å². The third-order valence-corrected chi connectivity index (χ3v) is 2.93. The number of phenols is 2. The highest BCUT2D eigenvalue weighted by molar-refractivity contribution is 5.83. The van der Waals surface area contributed by atoms with Crippen molar-refractivity contribution in [2.45, 2.75) is 32.1 Å². The molecule has 0 heterocycles. The van der Waals surface area contributed by atoms with E-state index in [0.717, 1.165) is 6.42 Å². The molecule has 2 N–H and O–H groups in total. The average Bonchev–Trinajstić information content (AvgIpc) is 2.26. The zero-order chi connectivity index (χ0) is 13.1. The van der Waals surface area contributed by atoms with Gasteiger partial charge in [0, 0.05) is 6.07 Å². The van der Waals surface area contributed by atoms with Crippen LogP contribution >= 0.6 is 0 Å². The van der Waals surface area contributed by atoms with Crippen molar-refractivity contribution in [2.24, 2.45) is 0 Å². The second kappa shape index (κ2) is 5.08. The summed E-state index contributed by atoms with van der Waals surface area (Å²) in [6.07, 6.45) is 1.38. The van der Waals surface area contributed by atoms with Crippen LogP contribution < -0.4 is 0 Å². The molecule has 0 saturated heterocycles. The van der Waals surface area contributed by atoms with Gasteiger partial charge in [-0.2, -0.15) is 0 Å². The Kier molecular flexibility index (Phi) is 3.99. The number of carbonyl (C=O) groups excluding carboxylic acids is 1. The van der Waals surface area contributed by atoms with Crippen molar-refractivity contribution in [3.63, 3.8) is 0 Å². The zero-order valence-electron chi connectivity index (χ0n) is 10.4. The highest BCUT2D eigenvalue weighted by Crippen LogP contribution is 2.34. The molecule has 94 valence electrons. The zero-order valence-corrected chi connectivity index (χ0v) is 10.4. The SMILES string of the molecule is CCCC(C)(C(=O)OC)c1cc(O)cc(O)c1. The van der Waals surface area contributed by atoms with Gasteiger partial charge in [-0.25, -0.2) is 0 Å². The molecule has 17 heavy (non-hydrogen) atoms. The molecule has 0 aliphatic carbocycles. The number of rotatable bonds is 4. The van der Waals surface area contributed by atoms with Crippen LogP contribution in [-0.4, -0.2) is 23.3 Å². The van der Waals surface area contributed by atoms with Crippen LogP contribution in [0.1, 0.15) is 32.3 Å². The van der Waals surface area contributed by atoms with Crippen molar-refractivity contribution in [3.8, 4) is 11.5 Å². The van der Waals surface area contributed by atoms with E-state index in [1.54, 1.807) is 6.92 Å². The predicted molar refractivity (Wildman–Crippen MR) is 64.0 cm³/mol. The second-order valence-electron chi connectivity index (χ2n) is 4.31. The fourth-order valence-electron chi connectivity index (χ4n) is 2.00. The van der Waals surface area contributed by atoms with Crippen molar-refractivity contribution in [2.75, 3.05) is 7.11 Å². The lowest BCUT2D eigenvalue weighted by molar-refractivity contribution is -0.147. The molecule has 1 rings (SSSR count). The van der Waals surface area contributed by atoms with E-state index >= 15 is 0 Å². The Morgan fingerprint density at radius 2 is 1.82 bits per heavy atom. The first-order chi connectivity index (χ1) is 7.93. The number of ether oxygens (including phenoxy) is 1. The molecule has 0 saturated carbocycles. The number of esters is 1. The van der Waals surface area contributed by atoms with E-state index in [-0.39, 0.29) is 17.5 Å². The molecule has 1 aromatic carbocycles. The van der Waals surface area contributed by atoms with Gasteiger partial charge in [-0.1, -0.05) is 13.3 Å². The number of hydrogen-bond acceptors (Lipinski definition) is 4. The summed E-state index contributed by atoms with van der Waals surface area (Å²) >= 11 is 0. The largest absolute Gasteiger partial charge is 0.508 e. The summed E-state index contributed by atoms with van der Waals surface area (Å²) in [6.45, 7) is 3.71. The summed E-state index contributed by atoms with van der Waals surface area (Å²) in [5.74, 6) is -0.498. The van der Waals surface area contributed by atoms with Gasteiger partial charge in [-0.3, -0.25) is 4.79 Å². The van der Waals surface area contributed by atoms with Crippen LogP contribution in [0.2, 0.25) is 0 Å². The molecular weight excluding hydrogens is 220 g/mol. The van der Waals surface area contributed by atoms with E-state index < -0.39 is 5.41 Å². The molecule has 1 unspecified atom stereocenters. The quantitative estimate of drug-likeness (QED) is 0.790. The first-order valence-electron chi connectivity index (χ1n) is 5.56. The lowest BCUT2D eigenvalue weighted by Gasteiger charge is -2.27. The highest BCUT2D eigenvalue weighted by Gasteiger charge is 2.36. The molecule has 0 amide bonds. The fraction of sp³-hybridized carbons (Fsp3) is 0.462. The molecular formula is C13H18O4. The highest BCUT2D eigenvalue weighted by atomic mass is 16.5. The maximum absolute atomic E-state index is 11.9. The van der Waals surface area contributed by atoms with E-state index in [1.807, 2.05) is 6.92 Å². The Labute approximate surface area is 101 Å². The summed E-state index contributed by atoms with van der Waals surface area (Å²) in [5, 5.41) is 18.9. The molecule has 0 bridgehead atoms. The molecule has 0 radical (unpaired) electrons. The smallest absolute Gasteiger partial charge is 0.315 e. The first kappa shape index (κ1) is 13.4. The van der Waals surface area contributed by atoms with Crippen LogP contribution in [0.4, 0.5) is 0 Å². The van der Waals surface area contributed by atoms with Gasteiger partial charge >= 0.3 is 5.97 Å². The minimum Gasteiger partial charge on any atom is -0.508 e. The topological polar surface area (TPSA) is 66.8 Å². The van der Waals surface area contributed by atoms with Crippen molar-refractivity contribution in [3.05, 3.63) is 23.8 Å². The van der Waals surface area contributed by atoms with Crippen LogP contribution in [0.25, 0.3) is 0 Å². The van der Waals surface area contributed by atoms with Gasteiger partial charge in [0.25, 0.3) is 0 Å². The van der Waals surface area contributed by atoms with Crippen LogP contribution in [0.5, 0.6) is 11.5 Å². The van der Waals surface area contributed by atoms with Crippen LogP contribution in [0.3, 0.4) is 0 Å². The first-order valence-corrected chi connectivity index (χ1v) is 5.56. The summed E-state index contributed by atoms with van der Waals surface area (Å²) < 4.78 is 4.80. The Balaban J connectivity index is 3.26. The Morgan fingerprint density at radius 3 is 2.24 bits per heavy atom. The summed E-state index contributed by atoms with van der Waals surface area (Å²) in [5.41, 5.74) is -0.289. The molecule has 0 spiro atoms. The Morgan fingerprint density at radius 1 is 1.29 bits per heavy atom. The number of aromatic hydroxyl groups is 2. The van der Waals surface area contributed by atoms with Gasteiger partial charge in [0.2, 0.25) is 0 Å². The van der Waals surface area contributed by atoms with Crippen molar-refractivity contribution in [1.29, 1.82) is 0 Å². The number of benzene rings is 1. The molecule has 1 atom stereocenters. The lowest BCUT2D eigenvalue weighted by atomic mass is 9.78. The molecule has 1 aromatic rings. The second-order valence-corrected chi connectivity index (χ2v) is 4.31. The van der Waals surface area contributed by atoms with Gasteiger partial charge < -0.3 is 14.9 Å². The van der Waals surface area contributed by atoms with E-state index in [0.29, 0.717) is 12.0 Å². The molecule has 4 heteroatoms. The van der Waals surface area contributed by atoms with Gasteiger partial charge in [0.15, 0.2) is 0 Å². The molecule has 0 aliphatic heterocycles. The predicted octanol–water partition coefficient (Wildman–Crippen LogP) is 2.33. The third-order valence-electron chi connectivity index (χ3n) is 2.93. The Hall–Kier alpha value is -1.71. The van der Waals surface area contributed by atoms with Crippen molar-refractivity contribution >= 4 is 5.97 Å². The monoisotopic (exact) mass is 238 g/mol. The average molecular weight is 238 g/mol. The van der Waals surface area contributed by atoms with Gasteiger partial charge in [-0.05, 0) is 31.0 Å². The van der Waals surface area contributed by atoms with Crippen LogP contribution in [-0.2, 0) is 14.9 Å². The van der Waals surface area contributed by atoms with E-state index in [4.69, 9.17) is 4.74 Å². The maximum Gasteiger partial charge on any atom is 0.315 e. The van der Waals surface area contributed by atoms with Gasteiger partial charge in [0.05, 0.1) is 12.5 Å². The van der Waals surface area contributed by atoms with Gasteiger partial charge in [-0.15, -0.1) is 0 Å². The fourth-order valence-corrected chi connectivity index (χ4v) is 2.00. The summed E-state index contributed by atoms with van der Waals surface area (Å²) in [4.78, 5) is 11.9. The maximum atomic E-state index is 11.9. The van der Waals surface area contributed by atoms with E-state index in [2.05, 4.69) is 0 Å². The number of carbonyl (C=O) groups is 1. The van der Waals surface area contributed by atoms with E-state index in [1.165, 1.54) is 25.3 Å². The normalized spacial score (nSPS) is 14.1. The standard InChI is InChI=1S/C13H18O4/c1-4-5-13(2,12(16)17-3)9-6-10(14)8-11(15)7-9/h6-8,14-15H,4-5H2,1-3H3. The minimum atomic E-state index is -0.848. The number of methoxy groups -OCH3 is 1. The molecule has 0 aromatic heterocycles. The lowest BCUT2D eigenvalue weighted by Crippen LogP contribution is -2.33. The number of phenolic OH excluding ortho intramolecular Hbond substituents is 2. The number of hydrogen-bond donors (Lipinski definition) is 2. The molecule has 0 aliphatic rings. The Bertz CT molecular complexity index is 394. The third kappa shape index (κ3) is 2.70. The van der Waals surface area contributed by atoms with Crippen LogP contribution in [0.15, 0.2) is 18.2 Å². The summed E-state index contributed by atoms with van der Waals surface area (Å²) in [7, 11) is 1.33.